The first-order valence-corrected chi connectivity index (χ1v) is 3.63. The predicted molar refractivity (Wildman–Crippen MR) is 44.4 cm³/mol. The van der Waals surface area contributed by atoms with Crippen molar-refractivity contribution in [2.24, 2.45) is 0 Å². The summed E-state index contributed by atoms with van der Waals surface area (Å²) < 4.78 is 0. The third-order valence-corrected chi connectivity index (χ3v) is 0.855. The van der Waals surface area contributed by atoms with Crippen molar-refractivity contribution in [1.82, 2.24) is 0 Å². The van der Waals surface area contributed by atoms with E-state index in [4.69, 9.17) is 20.4 Å². The molecule has 0 aromatic carbocycles. The Hall–Kier alpha value is -2.12. The van der Waals surface area contributed by atoms with E-state index in [1.54, 1.807) is 0 Å². The average Bonchev–Trinajstić information content (AvgIpc) is 1.99. The van der Waals surface area contributed by atoms with E-state index in [0.717, 1.165) is 0 Å². The Morgan fingerprint density at radius 2 is 0.867 bits per heavy atom. The summed E-state index contributed by atoms with van der Waals surface area (Å²) in [4.78, 5) is 38.1. The van der Waals surface area contributed by atoms with Crippen LogP contribution in [0.15, 0.2) is 0 Å². The average molecular weight is 222 g/mol. The van der Waals surface area contributed by atoms with Crippen LogP contribution in [0.4, 0.5) is 0 Å². The van der Waals surface area contributed by atoms with E-state index in [9.17, 15) is 19.2 Å². The Morgan fingerprint density at radius 1 is 0.600 bits per heavy atom. The van der Waals surface area contributed by atoms with Crippen molar-refractivity contribution in [2.75, 3.05) is 0 Å². The Morgan fingerprint density at radius 3 is 0.933 bits per heavy atom. The summed E-state index contributed by atoms with van der Waals surface area (Å²) in [5.74, 6) is -4.78. The molecule has 0 rings (SSSR count). The highest BCUT2D eigenvalue weighted by atomic mass is 16.4. The Kier molecular flexibility index (Phi) is 8.68. The van der Waals surface area contributed by atoms with E-state index in [-0.39, 0.29) is 12.8 Å². The first-order chi connectivity index (χ1) is 6.75. The van der Waals surface area contributed by atoms with Crippen molar-refractivity contribution in [3.63, 3.8) is 0 Å². The molecule has 15 heavy (non-hydrogen) atoms. The van der Waals surface area contributed by atoms with Gasteiger partial charge in [0.1, 0.15) is 6.42 Å². The SMILES string of the molecule is O=C(O)CC(=O)O.O=C(O)CCC(=O)O. The third kappa shape index (κ3) is 24.5. The topological polar surface area (TPSA) is 149 Å². The molecule has 0 spiro atoms. The van der Waals surface area contributed by atoms with E-state index in [1.807, 2.05) is 0 Å². The van der Waals surface area contributed by atoms with Crippen LogP contribution in [-0.4, -0.2) is 44.3 Å². The first-order valence-electron chi connectivity index (χ1n) is 3.63. The summed E-state index contributed by atoms with van der Waals surface area (Å²) in [6.45, 7) is 0. The zero-order valence-electron chi connectivity index (χ0n) is 7.54. The lowest BCUT2D eigenvalue weighted by atomic mass is 10.3. The van der Waals surface area contributed by atoms with E-state index in [2.05, 4.69) is 0 Å². The second-order valence-corrected chi connectivity index (χ2v) is 2.25. The highest BCUT2D eigenvalue weighted by molar-refractivity contribution is 5.88. The van der Waals surface area contributed by atoms with Gasteiger partial charge in [-0.25, -0.2) is 0 Å². The molecule has 0 saturated heterocycles. The number of carbonyl (C=O) groups is 4. The maximum Gasteiger partial charge on any atom is 0.314 e. The summed E-state index contributed by atoms with van der Waals surface area (Å²) in [7, 11) is 0. The van der Waals surface area contributed by atoms with Crippen LogP contribution in [-0.2, 0) is 19.2 Å². The quantitative estimate of drug-likeness (QED) is 0.454. The second kappa shape index (κ2) is 8.48. The van der Waals surface area contributed by atoms with E-state index < -0.39 is 30.3 Å². The molecule has 0 bridgehead atoms. The zero-order valence-corrected chi connectivity index (χ0v) is 7.54. The van der Waals surface area contributed by atoms with Gasteiger partial charge >= 0.3 is 23.9 Å². The minimum absolute atomic E-state index is 0.296. The Balaban J connectivity index is 0. The summed E-state index contributed by atoms with van der Waals surface area (Å²) in [5.41, 5.74) is 0. The number of hydrogen-bond acceptors (Lipinski definition) is 4. The normalized spacial score (nSPS) is 8.27. The molecule has 4 N–H and O–H groups in total. The minimum Gasteiger partial charge on any atom is -0.481 e. The molecule has 0 atom stereocenters. The largest absolute Gasteiger partial charge is 0.481 e. The molecule has 0 radical (unpaired) electrons. The summed E-state index contributed by atoms with van der Waals surface area (Å²) in [6, 6.07) is 0. The van der Waals surface area contributed by atoms with E-state index in [1.165, 1.54) is 0 Å². The van der Waals surface area contributed by atoms with Crippen molar-refractivity contribution in [1.29, 1.82) is 0 Å². The van der Waals surface area contributed by atoms with Gasteiger partial charge in [0.15, 0.2) is 0 Å². The van der Waals surface area contributed by atoms with Gasteiger partial charge in [-0.2, -0.15) is 0 Å². The molecule has 86 valence electrons. The van der Waals surface area contributed by atoms with Crippen LogP contribution in [0.1, 0.15) is 19.3 Å². The third-order valence-electron chi connectivity index (χ3n) is 0.855. The maximum absolute atomic E-state index is 9.64. The minimum atomic E-state index is -1.31. The smallest absolute Gasteiger partial charge is 0.314 e. The molecule has 0 heterocycles. The molecule has 0 aliphatic heterocycles. The lowest BCUT2D eigenvalue weighted by molar-refractivity contribution is -0.147. The molecular weight excluding hydrogens is 212 g/mol. The summed E-state index contributed by atoms with van der Waals surface area (Å²) in [5, 5.41) is 31.2. The Labute approximate surface area is 83.8 Å². The second-order valence-electron chi connectivity index (χ2n) is 2.25. The lowest BCUT2D eigenvalue weighted by Crippen LogP contribution is -2.03. The van der Waals surface area contributed by atoms with Crippen LogP contribution in [0.25, 0.3) is 0 Å². The molecule has 8 nitrogen and oxygen atoms in total. The highest BCUT2D eigenvalue weighted by Gasteiger charge is 2.01. The van der Waals surface area contributed by atoms with Crippen molar-refractivity contribution < 1.29 is 39.6 Å². The van der Waals surface area contributed by atoms with Gasteiger partial charge in [0, 0.05) is 0 Å². The zero-order chi connectivity index (χ0) is 12.4. The molecule has 0 saturated carbocycles. The highest BCUT2D eigenvalue weighted by Crippen LogP contribution is 1.86. The van der Waals surface area contributed by atoms with Crippen molar-refractivity contribution in [2.45, 2.75) is 19.3 Å². The number of carboxylic acids is 4. The van der Waals surface area contributed by atoms with Crippen LogP contribution >= 0.6 is 0 Å². The fourth-order valence-electron chi connectivity index (χ4n) is 0.343. The van der Waals surface area contributed by atoms with Crippen molar-refractivity contribution in [3.05, 3.63) is 0 Å². The molecule has 0 unspecified atom stereocenters. The van der Waals surface area contributed by atoms with Gasteiger partial charge in [0.25, 0.3) is 0 Å². The van der Waals surface area contributed by atoms with Gasteiger partial charge in [-0.1, -0.05) is 0 Å². The lowest BCUT2D eigenvalue weighted by Gasteiger charge is -1.85. The van der Waals surface area contributed by atoms with Crippen LogP contribution in [0.2, 0.25) is 0 Å². The molecule has 0 aliphatic rings. The number of carboxylic acid groups (broad SMARTS) is 4. The predicted octanol–water partition coefficient (Wildman–Crippen LogP) is -0.519. The summed E-state index contributed by atoms with van der Waals surface area (Å²) >= 11 is 0. The van der Waals surface area contributed by atoms with Crippen LogP contribution < -0.4 is 0 Å². The standard InChI is InChI=1S/C4H6O4.C3H4O4/c5-3(6)1-2-4(7)8;4-2(5)1-3(6)7/h1-2H2,(H,5,6)(H,7,8);1H2,(H,4,5)(H,6,7). The molecule has 8 heteroatoms. The molecular formula is C7H10O8. The number of rotatable bonds is 5. The van der Waals surface area contributed by atoms with Crippen LogP contribution in [0, 0.1) is 0 Å². The maximum atomic E-state index is 9.64. The van der Waals surface area contributed by atoms with Gasteiger partial charge in [0.05, 0.1) is 12.8 Å². The monoisotopic (exact) mass is 222 g/mol. The van der Waals surface area contributed by atoms with E-state index >= 15 is 0 Å². The van der Waals surface area contributed by atoms with Crippen molar-refractivity contribution >= 4 is 23.9 Å². The molecule has 0 fully saturated rings. The molecule has 0 aliphatic carbocycles. The molecule has 0 amide bonds. The van der Waals surface area contributed by atoms with Gasteiger partial charge in [-0.3, -0.25) is 19.2 Å². The Bertz CT molecular complexity index is 230. The fourth-order valence-corrected chi connectivity index (χ4v) is 0.343. The molecule has 0 aromatic rings. The number of hydrogen-bond donors (Lipinski definition) is 4. The van der Waals surface area contributed by atoms with E-state index in [0.29, 0.717) is 0 Å². The summed E-state index contributed by atoms with van der Waals surface area (Å²) in [6.07, 6.45) is -1.40. The van der Waals surface area contributed by atoms with Gasteiger partial charge in [0.2, 0.25) is 0 Å². The van der Waals surface area contributed by atoms with Crippen LogP contribution in [0.5, 0.6) is 0 Å². The van der Waals surface area contributed by atoms with Gasteiger partial charge in [-0.05, 0) is 0 Å². The van der Waals surface area contributed by atoms with Gasteiger partial charge < -0.3 is 20.4 Å². The first kappa shape index (κ1) is 15.4. The number of aliphatic carboxylic acids is 4. The van der Waals surface area contributed by atoms with Crippen LogP contribution in [0.3, 0.4) is 0 Å². The van der Waals surface area contributed by atoms with Gasteiger partial charge in [-0.15, -0.1) is 0 Å². The molecule has 0 aromatic heterocycles. The van der Waals surface area contributed by atoms with Crippen molar-refractivity contribution in [3.8, 4) is 0 Å². The fraction of sp³-hybridized carbons (Fsp3) is 0.429.